The lowest BCUT2D eigenvalue weighted by molar-refractivity contribution is -0.139. The summed E-state index contributed by atoms with van der Waals surface area (Å²) in [6.45, 7) is 3.71. The number of thiazole rings is 1. The van der Waals surface area contributed by atoms with E-state index >= 15 is 0 Å². The fourth-order valence-corrected chi connectivity index (χ4v) is 5.67. The minimum absolute atomic E-state index is 0.0478. The molecule has 0 unspecified atom stereocenters. The number of methoxy groups -OCH3 is 1. The van der Waals surface area contributed by atoms with E-state index in [-0.39, 0.29) is 17.9 Å². The molecule has 2 aromatic carbocycles. The van der Waals surface area contributed by atoms with Gasteiger partial charge < -0.3 is 14.6 Å². The summed E-state index contributed by atoms with van der Waals surface area (Å²) in [5.41, 5.74) is 2.05. The molecule has 1 aliphatic heterocycles. The van der Waals surface area contributed by atoms with Crippen LogP contribution in [0.25, 0.3) is 6.08 Å². The summed E-state index contributed by atoms with van der Waals surface area (Å²) >= 11 is 6.69. The van der Waals surface area contributed by atoms with Crippen molar-refractivity contribution in [1.82, 2.24) is 4.57 Å². The lowest BCUT2D eigenvalue weighted by Crippen LogP contribution is -2.39. The van der Waals surface area contributed by atoms with Crippen LogP contribution < -0.4 is 19.6 Å². The number of aromatic hydroxyl groups is 1. The van der Waals surface area contributed by atoms with Crippen LogP contribution in [0.2, 0.25) is 0 Å². The van der Waals surface area contributed by atoms with E-state index in [0.717, 1.165) is 10.0 Å². The second-order valence-electron chi connectivity index (χ2n) is 7.41. The molecule has 1 aromatic heterocycles. The molecule has 2 heterocycles. The van der Waals surface area contributed by atoms with Crippen molar-refractivity contribution in [1.29, 1.82) is 0 Å². The van der Waals surface area contributed by atoms with Gasteiger partial charge in [0.15, 0.2) is 16.3 Å². The first-order valence-corrected chi connectivity index (χ1v) is 13.0. The second kappa shape index (κ2) is 10.0. The van der Waals surface area contributed by atoms with Gasteiger partial charge in [0, 0.05) is 4.47 Å². The van der Waals surface area contributed by atoms with Gasteiger partial charge in [-0.05, 0) is 77.9 Å². The van der Waals surface area contributed by atoms with Crippen LogP contribution in [-0.2, 0) is 9.53 Å². The van der Waals surface area contributed by atoms with Crippen LogP contribution in [-0.4, -0.2) is 29.4 Å². The largest absolute Gasteiger partial charge is 0.504 e. The van der Waals surface area contributed by atoms with Crippen molar-refractivity contribution in [2.24, 2.45) is 4.99 Å². The number of halogens is 2. The zero-order valence-electron chi connectivity index (χ0n) is 18.5. The van der Waals surface area contributed by atoms with Gasteiger partial charge in [-0.2, -0.15) is 0 Å². The fraction of sp³-hybridized carbons (Fsp3) is 0.208. The number of esters is 1. The average molecular weight is 655 g/mol. The van der Waals surface area contributed by atoms with Gasteiger partial charge in [0.1, 0.15) is 0 Å². The van der Waals surface area contributed by atoms with Gasteiger partial charge >= 0.3 is 5.97 Å². The highest BCUT2D eigenvalue weighted by Gasteiger charge is 2.33. The Morgan fingerprint density at radius 3 is 2.68 bits per heavy atom. The number of phenols is 1. The van der Waals surface area contributed by atoms with E-state index in [0.29, 0.717) is 35.5 Å². The van der Waals surface area contributed by atoms with Crippen LogP contribution in [0.3, 0.4) is 0 Å². The topological polar surface area (TPSA) is 90.1 Å². The molecule has 3 aromatic rings. The number of hydrogen-bond donors (Lipinski definition) is 1. The Kier molecular flexibility index (Phi) is 7.29. The summed E-state index contributed by atoms with van der Waals surface area (Å²) in [6, 6.07) is 10.2. The predicted octanol–water partition coefficient (Wildman–Crippen LogP) is 3.88. The van der Waals surface area contributed by atoms with Gasteiger partial charge in [0.05, 0.1) is 39.1 Å². The van der Waals surface area contributed by atoms with Crippen LogP contribution >= 0.6 is 49.9 Å². The Labute approximate surface area is 221 Å². The van der Waals surface area contributed by atoms with Gasteiger partial charge in [-0.25, -0.2) is 9.79 Å². The monoisotopic (exact) mass is 654 g/mol. The third-order valence-electron chi connectivity index (χ3n) is 5.27. The van der Waals surface area contributed by atoms with Gasteiger partial charge in [-0.3, -0.25) is 9.36 Å². The van der Waals surface area contributed by atoms with Gasteiger partial charge in [0.25, 0.3) is 5.56 Å². The van der Waals surface area contributed by atoms with E-state index in [4.69, 9.17) is 9.47 Å². The molecule has 0 fully saturated rings. The number of rotatable bonds is 5. The van der Waals surface area contributed by atoms with E-state index in [1.807, 2.05) is 46.9 Å². The number of carbonyl (C=O) groups excluding carboxylic acids is 1. The molecule has 0 bridgehead atoms. The highest BCUT2D eigenvalue weighted by Crippen LogP contribution is 2.33. The molecule has 0 saturated heterocycles. The number of benzene rings is 2. The minimum atomic E-state index is -0.667. The lowest BCUT2D eigenvalue weighted by atomic mass is 9.96. The molecular weight excluding hydrogens is 635 g/mol. The van der Waals surface area contributed by atoms with Gasteiger partial charge in [-0.15, -0.1) is 0 Å². The fourth-order valence-electron chi connectivity index (χ4n) is 3.74. The Bertz CT molecular complexity index is 1490. The SMILES string of the molecule is CCOC(=O)C1=C(C)N=c2s/c(=C/c3cc(I)c(O)c(OC)c3)c(=O)n2[C@H]1c1ccc(Br)cc1. The molecule has 0 spiro atoms. The van der Waals surface area contributed by atoms with Crippen molar-refractivity contribution < 1.29 is 19.4 Å². The predicted molar refractivity (Wildman–Crippen MR) is 142 cm³/mol. The number of ether oxygens (including phenoxy) is 2. The maximum atomic E-state index is 13.6. The number of hydrogen-bond acceptors (Lipinski definition) is 7. The van der Waals surface area contributed by atoms with Gasteiger partial charge in [-0.1, -0.05) is 39.4 Å². The van der Waals surface area contributed by atoms with Crippen molar-refractivity contribution in [3.8, 4) is 11.5 Å². The van der Waals surface area contributed by atoms with Crippen LogP contribution in [0.5, 0.6) is 11.5 Å². The van der Waals surface area contributed by atoms with E-state index in [2.05, 4.69) is 20.9 Å². The molecule has 0 radical (unpaired) electrons. The molecule has 10 heteroatoms. The van der Waals surface area contributed by atoms with Crippen LogP contribution in [0.1, 0.15) is 31.0 Å². The van der Waals surface area contributed by atoms with Crippen LogP contribution in [0.15, 0.2) is 61.9 Å². The molecule has 176 valence electrons. The third-order valence-corrected chi connectivity index (χ3v) is 7.61. The third kappa shape index (κ3) is 4.58. The Hall–Kier alpha value is -2.44. The molecule has 0 amide bonds. The molecule has 0 saturated carbocycles. The maximum absolute atomic E-state index is 13.6. The summed E-state index contributed by atoms with van der Waals surface area (Å²) in [6.07, 6.45) is 1.73. The molecule has 34 heavy (non-hydrogen) atoms. The molecular formula is C24H20BrIN2O5S. The number of phenolic OH excluding ortho intramolecular Hbond substituents is 1. The van der Waals surface area contributed by atoms with E-state index in [1.165, 1.54) is 18.4 Å². The van der Waals surface area contributed by atoms with Gasteiger partial charge in [0.2, 0.25) is 0 Å². The summed E-state index contributed by atoms with van der Waals surface area (Å²) in [7, 11) is 1.47. The Morgan fingerprint density at radius 2 is 2.03 bits per heavy atom. The van der Waals surface area contributed by atoms with Crippen molar-refractivity contribution >= 4 is 61.9 Å². The van der Waals surface area contributed by atoms with E-state index in [9.17, 15) is 14.7 Å². The number of fused-ring (bicyclic) bond motifs is 1. The van der Waals surface area contributed by atoms with Crippen LogP contribution in [0.4, 0.5) is 0 Å². The second-order valence-corrected chi connectivity index (χ2v) is 10.5. The van der Waals surface area contributed by atoms with Crippen molar-refractivity contribution in [3.05, 3.63) is 86.5 Å². The Morgan fingerprint density at radius 1 is 1.32 bits per heavy atom. The molecule has 1 N–H and O–H groups in total. The summed E-state index contributed by atoms with van der Waals surface area (Å²) in [4.78, 5) is 31.6. The number of aromatic nitrogens is 1. The molecule has 4 rings (SSSR count). The Balaban J connectivity index is 1.95. The molecule has 0 aliphatic carbocycles. The minimum Gasteiger partial charge on any atom is -0.504 e. The zero-order valence-corrected chi connectivity index (χ0v) is 23.0. The first kappa shape index (κ1) is 24.7. The molecule has 1 atom stereocenters. The standard InChI is InChI=1S/C24H20BrIN2O5S/c1-4-33-23(31)19-12(2)27-24-28(20(19)14-5-7-15(25)8-6-14)22(30)18(34-24)11-13-9-16(26)21(29)17(10-13)32-3/h5-11,20,29H,4H2,1-3H3/b18-11+/t20-/m0/s1. The highest BCUT2D eigenvalue weighted by atomic mass is 127. The highest BCUT2D eigenvalue weighted by molar-refractivity contribution is 14.1. The number of nitrogens with zero attached hydrogens (tertiary/aromatic N) is 2. The van der Waals surface area contributed by atoms with Crippen LogP contribution in [0, 0.1) is 3.57 Å². The normalized spacial score (nSPS) is 15.7. The van der Waals surface area contributed by atoms with E-state index in [1.54, 1.807) is 36.6 Å². The smallest absolute Gasteiger partial charge is 0.338 e. The lowest BCUT2D eigenvalue weighted by Gasteiger charge is -2.24. The van der Waals surface area contributed by atoms with Crippen molar-refractivity contribution in [3.63, 3.8) is 0 Å². The van der Waals surface area contributed by atoms with Crippen molar-refractivity contribution in [2.75, 3.05) is 13.7 Å². The average Bonchev–Trinajstić information content (AvgIpc) is 3.10. The first-order valence-electron chi connectivity index (χ1n) is 10.3. The molecule has 7 nitrogen and oxygen atoms in total. The number of allylic oxidation sites excluding steroid dienone is 1. The first-order chi connectivity index (χ1) is 16.2. The summed E-state index contributed by atoms with van der Waals surface area (Å²) < 4.78 is 14.0. The maximum Gasteiger partial charge on any atom is 0.338 e. The quantitative estimate of drug-likeness (QED) is 0.333. The summed E-state index contributed by atoms with van der Waals surface area (Å²) in [5.74, 6) is -0.130. The zero-order chi connectivity index (χ0) is 24.6. The number of carbonyl (C=O) groups is 1. The van der Waals surface area contributed by atoms with Crippen molar-refractivity contribution in [2.45, 2.75) is 19.9 Å². The summed E-state index contributed by atoms with van der Waals surface area (Å²) in [5, 5.41) is 10.1. The molecule has 1 aliphatic rings. The van der Waals surface area contributed by atoms with E-state index < -0.39 is 12.0 Å².